The zero-order chi connectivity index (χ0) is 22.7. The van der Waals surface area contributed by atoms with Crippen LogP contribution in [0.4, 0.5) is 14.7 Å². The number of carbonyl (C=O) groups is 1. The van der Waals surface area contributed by atoms with E-state index >= 15 is 0 Å². The lowest BCUT2D eigenvalue weighted by atomic mass is 9.89. The molecule has 1 N–H and O–H groups in total. The Morgan fingerprint density at radius 2 is 1.78 bits per heavy atom. The molecule has 0 radical (unpaired) electrons. The number of likely N-dealkylation sites (tertiary alicyclic amines) is 1. The molecule has 1 aliphatic rings. The maximum atomic E-state index is 14.1. The highest BCUT2D eigenvalue weighted by Crippen LogP contribution is 2.34. The fraction of sp³-hybridized carbons (Fsp3) is 0.333. The van der Waals surface area contributed by atoms with Gasteiger partial charge in [-0.1, -0.05) is 12.1 Å². The molecule has 6 nitrogen and oxygen atoms in total. The second-order valence-electron chi connectivity index (χ2n) is 8.17. The number of anilines is 1. The van der Waals surface area contributed by atoms with Gasteiger partial charge in [0.2, 0.25) is 5.95 Å². The van der Waals surface area contributed by atoms with Gasteiger partial charge in [0.25, 0.3) is 5.91 Å². The minimum Gasteiger partial charge on any atom is -0.352 e. The quantitative estimate of drug-likeness (QED) is 0.629. The predicted molar refractivity (Wildman–Crippen MR) is 118 cm³/mol. The normalized spacial score (nSPS) is 14.6. The van der Waals surface area contributed by atoms with E-state index in [1.165, 1.54) is 11.0 Å². The molecule has 0 unspecified atom stereocenters. The van der Waals surface area contributed by atoms with Crippen LogP contribution < -0.4 is 5.32 Å². The topological polar surface area (TPSA) is 71.0 Å². The lowest BCUT2D eigenvalue weighted by Crippen LogP contribution is -2.39. The first-order chi connectivity index (χ1) is 15.4. The zero-order valence-electron chi connectivity index (χ0n) is 18.1. The molecule has 0 aliphatic carbocycles. The van der Waals surface area contributed by atoms with Crippen LogP contribution in [0.1, 0.15) is 48.7 Å². The van der Waals surface area contributed by atoms with Gasteiger partial charge in [0.15, 0.2) is 0 Å². The number of nitrogens with one attached hydrogen (secondary N) is 1. The third-order valence-corrected chi connectivity index (χ3v) is 5.52. The van der Waals surface area contributed by atoms with Crippen molar-refractivity contribution in [1.82, 2.24) is 19.9 Å². The summed E-state index contributed by atoms with van der Waals surface area (Å²) in [5.74, 6) is -1.68. The van der Waals surface area contributed by atoms with Gasteiger partial charge in [0, 0.05) is 43.0 Å². The summed E-state index contributed by atoms with van der Waals surface area (Å²) >= 11 is 0. The first-order valence-electron chi connectivity index (χ1n) is 10.7. The monoisotopic (exact) mass is 437 g/mol. The molecule has 8 heteroatoms. The summed E-state index contributed by atoms with van der Waals surface area (Å²) in [6.07, 6.45) is 4.75. The Morgan fingerprint density at radius 3 is 2.41 bits per heavy atom. The molecular weight excluding hydrogens is 412 g/mol. The molecule has 1 fully saturated rings. The summed E-state index contributed by atoms with van der Waals surface area (Å²) in [4.78, 5) is 27.9. The molecule has 4 rings (SSSR count). The maximum absolute atomic E-state index is 14.1. The van der Waals surface area contributed by atoms with E-state index in [1.54, 1.807) is 12.4 Å². The van der Waals surface area contributed by atoms with Crippen molar-refractivity contribution in [2.45, 2.75) is 38.6 Å². The van der Waals surface area contributed by atoms with E-state index in [9.17, 15) is 13.6 Å². The molecule has 1 saturated heterocycles. The standard InChI is InChI=1S/C24H25F2N5O/c1-15(2)29-24-28-14-17(20-8-3-4-11-27-20)22(30-24)16-9-12-31(13-10-16)23(32)21-18(25)6-5-7-19(21)26/h3-8,11,14-16H,9-10,12-13H2,1-2H3,(H,28,29,30). The minimum atomic E-state index is -0.838. The Hall–Kier alpha value is -3.42. The number of benzene rings is 1. The van der Waals surface area contributed by atoms with Crippen LogP contribution in [0.15, 0.2) is 48.8 Å². The first kappa shape index (κ1) is 21.8. The molecule has 3 heterocycles. The highest BCUT2D eigenvalue weighted by atomic mass is 19.1. The highest BCUT2D eigenvalue weighted by molar-refractivity contribution is 5.94. The van der Waals surface area contributed by atoms with Gasteiger partial charge >= 0.3 is 0 Å². The summed E-state index contributed by atoms with van der Waals surface area (Å²) in [7, 11) is 0. The van der Waals surface area contributed by atoms with Crippen LogP contribution in [0.3, 0.4) is 0 Å². The van der Waals surface area contributed by atoms with Crippen molar-refractivity contribution in [1.29, 1.82) is 0 Å². The number of carbonyl (C=O) groups excluding carboxylic acids is 1. The average molecular weight is 437 g/mol. The van der Waals surface area contributed by atoms with Gasteiger partial charge in [0.05, 0.1) is 11.4 Å². The number of hydrogen-bond donors (Lipinski definition) is 1. The molecule has 32 heavy (non-hydrogen) atoms. The van der Waals surface area contributed by atoms with E-state index in [0.717, 1.165) is 29.1 Å². The molecule has 166 valence electrons. The van der Waals surface area contributed by atoms with Gasteiger partial charge in [0.1, 0.15) is 17.2 Å². The Labute approximate surface area is 185 Å². The van der Waals surface area contributed by atoms with Crippen molar-refractivity contribution in [3.63, 3.8) is 0 Å². The molecule has 0 atom stereocenters. The van der Waals surface area contributed by atoms with Crippen molar-refractivity contribution in [2.75, 3.05) is 18.4 Å². The molecule has 0 spiro atoms. The third-order valence-electron chi connectivity index (χ3n) is 5.52. The summed E-state index contributed by atoms with van der Waals surface area (Å²) < 4.78 is 28.1. The largest absolute Gasteiger partial charge is 0.352 e. The summed E-state index contributed by atoms with van der Waals surface area (Å²) in [6.45, 7) is 4.80. The van der Waals surface area contributed by atoms with E-state index in [-0.39, 0.29) is 12.0 Å². The number of pyridine rings is 1. The maximum Gasteiger partial charge on any atom is 0.259 e. The summed E-state index contributed by atoms with van der Waals surface area (Å²) in [5.41, 5.74) is 2.01. The second-order valence-corrected chi connectivity index (χ2v) is 8.17. The Balaban J connectivity index is 1.58. The molecule has 3 aromatic rings. The van der Waals surface area contributed by atoms with Crippen LogP contribution in [-0.2, 0) is 0 Å². The van der Waals surface area contributed by atoms with Crippen LogP contribution in [0.2, 0.25) is 0 Å². The van der Waals surface area contributed by atoms with Gasteiger partial charge in [-0.05, 0) is 51.0 Å². The molecule has 0 bridgehead atoms. The molecular formula is C24H25F2N5O. The fourth-order valence-corrected chi connectivity index (χ4v) is 3.97. The van der Waals surface area contributed by atoms with E-state index in [4.69, 9.17) is 4.98 Å². The smallest absolute Gasteiger partial charge is 0.259 e. The molecule has 0 saturated carbocycles. The lowest BCUT2D eigenvalue weighted by molar-refractivity contribution is 0.0702. The zero-order valence-corrected chi connectivity index (χ0v) is 18.1. The number of hydrogen-bond acceptors (Lipinski definition) is 5. The Kier molecular flexibility index (Phi) is 6.39. The molecule has 1 amide bonds. The van der Waals surface area contributed by atoms with Crippen LogP contribution in [-0.4, -0.2) is 44.9 Å². The highest BCUT2D eigenvalue weighted by Gasteiger charge is 2.30. The Bertz CT molecular complexity index is 1080. The number of piperidine rings is 1. The van der Waals surface area contributed by atoms with Crippen LogP contribution in [0.5, 0.6) is 0 Å². The number of aromatic nitrogens is 3. The van der Waals surface area contributed by atoms with Gasteiger partial charge in [-0.25, -0.2) is 18.7 Å². The number of halogens is 2. The summed E-state index contributed by atoms with van der Waals surface area (Å²) in [6, 6.07) is 9.32. The van der Waals surface area contributed by atoms with Crippen molar-refractivity contribution >= 4 is 11.9 Å². The molecule has 1 aromatic carbocycles. The van der Waals surface area contributed by atoms with Crippen molar-refractivity contribution in [3.05, 3.63) is 71.7 Å². The molecule has 1 aliphatic heterocycles. The average Bonchev–Trinajstić information content (AvgIpc) is 2.79. The van der Waals surface area contributed by atoms with Gasteiger partial charge in [-0.15, -0.1) is 0 Å². The number of amides is 1. The second kappa shape index (κ2) is 9.38. The first-order valence-corrected chi connectivity index (χ1v) is 10.7. The van der Waals surface area contributed by atoms with Crippen LogP contribution >= 0.6 is 0 Å². The van der Waals surface area contributed by atoms with Crippen LogP contribution in [0.25, 0.3) is 11.3 Å². The van der Waals surface area contributed by atoms with E-state index in [0.29, 0.717) is 31.9 Å². The van der Waals surface area contributed by atoms with Gasteiger partial charge in [-0.3, -0.25) is 9.78 Å². The molecule has 2 aromatic heterocycles. The van der Waals surface area contributed by atoms with Crippen molar-refractivity contribution in [3.8, 4) is 11.3 Å². The number of rotatable bonds is 5. The predicted octanol–water partition coefficient (Wildman–Crippen LogP) is 4.66. The van der Waals surface area contributed by atoms with Gasteiger partial charge in [-0.2, -0.15) is 0 Å². The lowest BCUT2D eigenvalue weighted by Gasteiger charge is -2.32. The fourth-order valence-electron chi connectivity index (χ4n) is 3.97. The Morgan fingerprint density at radius 1 is 1.06 bits per heavy atom. The van der Waals surface area contributed by atoms with Gasteiger partial charge < -0.3 is 10.2 Å². The minimum absolute atomic E-state index is 0.0669. The third kappa shape index (κ3) is 4.59. The van der Waals surface area contributed by atoms with Crippen molar-refractivity contribution < 1.29 is 13.6 Å². The SMILES string of the molecule is CC(C)Nc1ncc(-c2ccccn2)c(C2CCN(C(=O)c3c(F)cccc3F)CC2)n1. The van der Waals surface area contributed by atoms with Crippen LogP contribution in [0, 0.1) is 11.6 Å². The van der Waals surface area contributed by atoms with E-state index < -0.39 is 23.1 Å². The summed E-state index contributed by atoms with van der Waals surface area (Å²) in [5, 5.41) is 3.23. The number of nitrogens with zero attached hydrogens (tertiary/aromatic N) is 4. The van der Waals surface area contributed by atoms with E-state index in [2.05, 4.69) is 15.3 Å². The van der Waals surface area contributed by atoms with Crippen molar-refractivity contribution in [2.24, 2.45) is 0 Å². The van der Waals surface area contributed by atoms with E-state index in [1.807, 2.05) is 32.0 Å².